The van der Waals surface area contributed by atoms with E-state index in [-0.39, 0.29) is 17.6 Å². The summed E-state index contributed by atoms with van der Waals surface area (Å²) in [5, 5.41) is 9.88. The van der Waals surface area contributed by atoms with Crippen LogP contribution in [0.5, 0.6) is 5.75 Å². The summed E-state index contributed by atoms with van der Waals surface area (Å²) < 4.78 is 4.71. The fraction of sp³-hybridized carbons (Fsp3) is 0.462. The number of hydrogen-bond donors (Lipinski definition) is 1. The van der Waals surface area contributed by atoms with Crippen molar-refractivity contribution in [2.24, 2.45) is 0 Å². The molecule has 0 bridgehead atoms. The van der Waals surface area contributed by atoms with Gasteiger partial charge in [-0.05, 0) is 24.0 Å². The third-order valence-electron chi connectivity index (χ3n) is 3.32. The Bertz CT molecular complexity index is 431. The van der Waals surface area contributed by atoms with Gasteiger partial charge in [-0.3, -0.25) is 4.79 Å². The summed E-state index contributed by atoms with van der Waals surface area (Å²) >= 11 is 0. The number of para-hydroxylation sites is 1. The van der Waals surface area contributed by atoms with Gasteiger partial charge in [0.1, 0.15) is 5.75 Å². The number of phenolic OH excluding ortho intramolecular Hbond substituents is 1. The molecule has 1 aromatic carbocycles. The number of ether oxygens (including phenoxy) is 1. The molecule has 2 rings (SSSR count). The van der Waals surface area contributed by atoms with Gasteiger partial charge < -0.3 is 14.7 Å². The van der Waals surface area contributed by atoms with Crippen molar-refractivity contribution in [1.29, 1.82) is 0 Å². The van der Waals surface area contributed by atoms with E-state index in [1.165, 1.54) is 7.11 Å². The van der Waals surface area contributed by atoms with Gasteiger partial charge in [0.05, 0.1) is 19.2 Å². The lowest BCUT2D eigenvalue weighted by Gasteiger charge is -2.33. The second kappa shape index (κ2) is 4.65. The molecule has 0 amide bonds. The van der Waals surface area contributed by atoms with Crippen LogP contribution in [0, 0.1) is 0 Å². The highest BCUT2D eigenvalue weighted by Crippen LogP contribution is 2.41. The summed E-state index contributed by atoms with van der Waals surface area (Å²) in [6, 6.07) is 5.46. The first kappa shape index (κ1) is 11.8. The molecule has 1 aliphatic heterocycles. The smallest absolute Gasteiger partial charge is 0.306 e. The highest BCUT2D eigenvalue weighted by molar-refractivity contribution is 5.73. The zero-order valence-corrected chi connectivity index (χ0v) is 10.1. The molecule has 92 valence electrons. The van der Waals surface area contributed by atoms with Gasteiger partial charge in [0.15, 0.2) is 0 Å². The molecule has 0 saturated carbocycles. The van der Waals surface area contributed by atoms with Crippen molar-refractivity contribution in [2.45, 2.75) is 18.8 Å². The average molecular weight is 235 g/mol. The summed E-state index contributed by atoms with van der Waals surface area (Å²) in [6.07, 6.45) is 1.28. The Morgan fingerprint density at radius 1 is 1.59 bits per heavy atom. The summed E-state index contributed by atoms with van der Waals surface area (Å²) in [6.45, 7) is 0.840. The fourth-order valence-electron chi connectivity index (χ4n) is 2.41. The van der Waals surface area contributed by atoms with Gasteiger partial charge in [0, 0.05) is 13.6 Å². The summed E-state index contributed by atoms with van der Waals surface area (Å²) in [4.78, 5) is 13.4. The minimum absolute atomic E-state index is 0.140. The van der Waals surface area contributed by atoms with E-state index in [1.54, 1.807) is 6.07 Å². The van der Waals surface area contributed by atoms with Gasteiger partial charge in [-0.15, -0.1) is 0 Å². The first-order chi connectivity index (χ1) is 8.13. The molecule has 1 atom stereocenters. The van der Waals surface area contributed by atoms with E-state index in [0.717, 1.165) is 24.2 Å². The SMILES string of the molecule is COC(=O)CC1CCN(C)c2c(O)cccc21. The van der Waals surface area contributed by atoms with Crippen LogP contribution in [0.25, 0.3) is 0 Å². The van der Waals surface area contributed by atoms with Crippen LogP contribution in [0.2, 0.25) is 0 Å². The molecule has 17 heavy (non-hydrogen) atoms. The lowest BCUT2D eigenvalue weighted by molar-refractivity contribution is -0.141. The Morgan fingerprint density at radius 3 is 3.06 bits per heavy atom. The van der Waals surface area contributed by atoms with E-state index in [2.05, 4.69) is 0 Å². The molecule has 1 aromatic rings. The maximum atomic E-state index is 11.4. The molecule has 1 aliphatic rings. The summed E-state index contributed by atoms with van der Waals surface area (Å²) in [5.41, 5.74) is 1.87. The van der Waals surface area contributed by atoms with Crippen LogP contribution in [-0.2, 0) is 9.53 Å². The first-order valence-corrected chi connectivity index (χ1v) is 5.73. The van der Waals surface area contributed by atoms with Crippen LogP contribution in [0.3, 0.4) is 0 Å². The lowest BCUT2D eigenvalue weighted by atomic mass is 9.87. The van der Waals surface area contributed by atoms with E-state index in [4.69, 9.17) is 4.74 Å². The van der Waals surface area contributed by atoms with E-state index in [0.29, 0.717) is 6.42 Å². The number of fused-ring (bicyclic) bond motifs is 1. The van der Waals surface area contributed by atoms with Gasteiger partial charge in [-0.25, -0.2) is 0 Å². The van der Waals surface area contributed by atoms with Gasteiger partial charge >= 0.3 is 5.97 Å². The Kier molecular flexibility index (Phi) is 3.22. The number of anilines is 1. The summed E-state index contributed by atoms with van der Waals surface area (Å²) in [5.74, 6) is 0.217. The Morgan fingerprint density at radius 2 is 2.35 bits per heavy atom. The van der Waals surface area contributed by atoms with Crippen molar-refractivity contribution in [3.05, 3.63) is 23.8 Å². The standard InChI is InChI=1S/C13H17NO3/c1-14-7-6-9(8-12(16)17-2)10-4-3-5-11(15)13(10)14/h3-5,9,15H,6-8H2,1-2H3. The number of methoxy groups -OCH3 is 1. The van der Waals surface area contributed by atoms with Crippen LogP contribution in [-0.4, -0.2) is 31.8 Å². The van der Waals surface area contributed by atoms with Crippen molar-refractivity contribution in [3.63, 3.8) is 0 Å². The predicted molar refractivity (Wildman–Crippen MR) is 65.4 cm³/mol. The topological polar surface area (TPSA) is 49.8 Å². The molecule has 0 aliphatic carbocycles. The monoisotopic (exact) mass is 235 g/mol. The van der Waals surface area contributed by atoms with E-state index >= 15 is 0 Å². The third kappa shape index (κ3) is 2.20. The number of aromatic hydroxyl groups is 1. The van der Waals surface area contributed by atoms with E-state index in [9.17, 15) is 9.90 Å². The predicted octanol–water partition coefficient (Wildman–Crippen LogP) is 1.88. The highest BCUT2D eigenvalue weighted by atomic mass is 16.5. The molecule has 0 fully saturated rings. The van der Waals surface area contributed by atoms with Crippen molar-refractivity contribution >= 4 is 11.7 Å². The Labute approximate surface area is 101 Å². The average Bonchev–Trinajstić information content (AvgIpc) is 2.32. The second-order valence-corrected chi connectivity index (χ2v) is 4.40. The van der Waals surface area contributed by atoms with E-state index in [1.807, 2.05) is 24.1 Å². The molecule has 0 spiro atoms. The minimum atomic E-state index is -0.200. The van der Waals surface area contributed by atoms with Crippen LogP contribution in [0.1, 0.15) is 24.3 Å². The van der Waals surface area contributed by atoms with Crippen molar-refractivity contribution in [1.82, 2.24) is 0 Å². The molecular formula is C13H17NO3. The number of esters is 1. The number of carbonyl (C=O) groups excluding carboxylic acids is 1. The lowest BCUT2D eigenvalue weighted by Crippen LogP contribution is -2.28. The molecule has 4 heteroatoms. The molecule has 1 heterocycles. The first-order valence-electron chi connectivity index (χ1n) is 5.73. The maximum absolute atomic E-state index is 11.4. The number of hydrogen-bond acceptors (Lipinski definition) is 4. The Balaban J connectivity index is 2.33. The molecule has 1 N–H and O–H groups in total. The quantitative estimate of drug-likeness (QED) is 0.795. The molecule has 0 saturated heterocycles. The normalized spacial score (nSPS) is 18.7. The highest BCUT2D eigenvalue weighted by Gasteiger charge is 2.27. The fourth-order valence-corrected chi connectivity index (χ4v) is 2.41. The van der Waals surface area contributed by atoms with Crippen molar-refractivity contribution in [3.8, 4) is 5.75 Å². The molecule has 4 nitrogen and oxygen atoms in total. The van der Waals surface area contributed by atoms with E-state index < -0.39 is 0 Å². The number of benzene rings is 1. The van der Waals surface area contributed by atoms with Crippen molar-refractivity contribution < 1.29 is 14.6 Å². The molecule has 1 unspecified atom stereocenters. The van der Waals surface area contributed by atoms with Crippen LogP contribution < -0.4 is 4.90 Å². The van der Waals surface area contributed by atoms with Crippen LogP contribution in [0.4, 0.5) is 5.69 Å². The molecular weight excluding hydrogens is 218 g/mol. The number of nitrogens with zero attached hydrogens (tertiary/aromatic N) is 1. The van der Waals surface area contributed by atoms with Gasteiger partial charge in [-0.1, -0.05) is 12.1 Å². The van der Waals surface area contributed by atoms with Crippen molar-refractivity contribution in [2.75, 3.05) is 25.6 Å². The Hall–Kier alpha value is -1.71. The van der Waals surface area contributed by atoms with Crippen LogP contribution in [0.15, 0.2) is 18.2 Å². The maximum Gasteiger partial charge on any atom is 0.306 e. The largest absolute Gasteiger partial charge is 0.506 e. The van der Waals surface area contributed by atoms with Crippen LogP contribution >= 0.6 is 0 Å². The molecule has 0 aromatic heterocycles. The number of carbonyl (C=O) groups is 1. The zero-order valence-electron chi connectivity index (χ0n) is 10.1. The zero-order chi connectivity index (χ0) is 12.4. The minimum Gasteiger partial charge on any atom is -0.506 e. The van der Waals surface area contributed by atoms with Gasteiger partial charge in [-0.2, -0.15) is 0 Å². The number of rotatable bonds is 2. The third-order valence-corrected chi connectivity index (χ3v) is 3.32. The van der Waals surface area contributed by atoms with Gasteiger partial charge in [0.2, 0.25) is 0 Å². The second-order valence-electron chi connectivity index (χ2n) is 4.40. The number of phenols is 1. The van der Waals surface area contributed by atoms with Gasteiger partial charge in [0.25, 0.3) is 0 Å². The molecule has 0 radical (unpaired) electrons. The summed E-state index contributed by atoms with van der Waals surface area (Å²) in [7, 11) is 3.35.